The molecule has 3 aromatic rings. The van der Waals surface area contributed by atoms with Gasteiger partial charge in [0.1, 0.15) is 0 Å². The molecule has 7 nitrogen and oxygen atoms in total. The summed E-state index contributed by atoms with van der Waals surface area (Å²) < 4.78 is 1.56. The quantitative estimate of drug-likeness (QED) is 0.385. The Morgan fingerprint density at radius 2 is 2.04 bits per heavy atom. The zero-order valence-electron chi connectivity index (χ0n) is 13.2. The van der Waals surface area contributed by atoms with Crippen LogP contribution in [0.4, 0.5) is 0 Å². The molecule has 1 N–H and O–H groups in total. The van der Waals surface area contributed by atoms with Crippen molar-refractivity contribution < 1.29 is 4.79 Å². The highest BCUT2D eigenvalue weighted by molar-refractivity contribution is 7.99. The summed E-state index contributed by atoms with van der Waals surface area (Å²) in [5.74, 6) is -0.183. The monoisotopic (exact) mass is 406 g/mol. The number of amides is 1. The van der Waals surface area contributed by atoms with E-state index < -0.39 is 0 Å². The number of thioether (sulfide) groups is 1. The average molecular weight is 407 g/mol. The van der Waals surface area contributed by atoms with E-state index in [-0.39, 0.29) is 11.7 Å². The molecule has 1 heterocycles. The molecule has 0 saturated carbocycles. The molecule has 0 radical (unpaired) electrons. The molecule has 0 saturated heterocycles. The van der Waals surface area contributed by atoms with Gasteiger partial charge in [0.2, 0.25) is 5.16 Å². The van der Waals surface area contributed by atoms with Gasteiger partial charge in [0.15, 0.2) is 0 Å². The highest BCUT2D eigenvalue weighted by Gasteiger charge is 2.11. The van der Waals surface area contributed by atoms with Gasteiger partial charge in [-0.2, -0.15) is 9.78 Å². The van der Waals surface area contributed by atoms with Crippen LogP contribution in [0.1, 0.15) is 5.56 Å². The fourth-order valence-corrected chi connectivity index (χ4v) is 3.08. The first-order chi connectivity index (χ1) is 12.6. The summed E-state index contributed by atoms with van der Waals surface area (Å²) in [4.78, 5) is 11.9. The number of para-hydroxylation sites is 1. The van der Waals surface area contributed by atoms with Gasteiger partial charge in [0.05, 0.1) is 22.7 Å². The van der Waals surface area contributed by atoms with Gasteiger partial charge in [0, 0.05) is 10.6 Å². The van der Waals surface area contributed by atoms with Gasteiger partial charge < -0.3 is 0 Å². The van der Waals surface area contributed by atoms with Crippen LogP contribution in [0, 0.1) is 0 Å². The molecule has 0 aliphatic heterocycles. The van der Waals surface area contributed by atoms with Crippen molar-refractivity contribution >= 4 is 47.1 Å². The summed E-state index contributed by atoms with van der Waals surface area (Å²) in [6.07, 6.45) is 1.45. The Morgan fingerprint density at radius 3 is 2.81 bits per heavy atom. The third-order valence-electron chi connectivity index (χ3n) is 3.13. The van der Waals surface area contributed by atoms with E-state index in [2.05, 4.69) is 26.1 Å². The molecule has 1 amide bonds. The molecule has 0 unspecified atom stereocenters. The van der Waals surface area contributed by atoms with Crippen LogP contribution in [0.2, 0.25) is 10.0 Å². The second-order valence-corrected chi connectivity index (χ2v) is 6.74. The molecule has 132 valence electrons. The first kappa shape index (κ1) is 18.4. The Balaban J connectivity index is 1.55. The van der Waals surface area contributed by atoms with Crippen LogP contribution in [-0.2, 0) is 4.79 Å². The van der Waals surface area contributed by atoms with Gasteiger partial charge in [-0.15, -0.1) is 5.10 Å². The van der Waals surface area contributed by atoms with Gasteiger partial charge >= 0.3 is 0 Å². The van der Waals surface area contributed by atoms with Crippen molar-refractivity contribution in [1.29, 1.82) is 0 Å². The topological polar surface area (TPSA) is 85.1 Å². The van der Waals surface area contributed by atoms with E-state index in [1.807, 2.05) is 30.3 Å². The molecule has 0 aliphatic carbocycles. The summed E-state index contributed by atoms with van der Waals surface area (Å²) in [6.45, 7) is 0. The average Bonchev–Trinajstić information content (AvgIpc) is 3.11. The number of carbonyl (C=O) groups is 1. The first-order valence-electron chi connectivity index (χ1n) is 7.37. The first-order valence-corrected chi connectivity index (χ1v) is 9.11. The Kier molecular flexibility index (Phi) is 6.21. The van der Waals surface area contributed by atoms with Crippen molar-refractivity contribution in [2.45, 2.75) is 5.16 Å². The molecular formula is C16H12Cl2N6OS. The highest BCUT2D eigenvalue weighted by atomic mass is 35.5. The maximum absolute atomic E-state index is 11.9. The number of hydrogen-bond acceptors (Lipinski definition) is 6. The predicted molar refractivity (Wildman–Crippen MR) is 102 cm³/mol. The normalized spacial score (nSPS) is 11.0. The Bertz CT molecular complexity index is 931. The molecule has 3 rings (SSSR count). The number of tetrazole rings is 1. The van der Waals surface area contributed by atoms with Crippen LogP contribution in [-0.4, -0.2) is 38.1 Å². The lowest BCUT2D eigenvalue weighted by Gasteiger charge is -2.03. The molecular weight excluding hydrogens is 395 g/mol. The number of aromatic nitrogens is 4. The van der Waals surface area contributed by atoms with E-state index in [0.717, 1.165) is 5.69 Å². The van der Waals surface area contributed by atoms with Crippen LogP contribution in [0.15, 0.2) is 58.8 Å². The summed E-state index contributed by atoms with van der Waals surface area (Å²) in [7, 11) is 0. The van der Waals surface area contributed by atoms with Gasteiger partial charge in [-0.1, -0.05) is 59.2 Å². The van der Waals surface area contributed by atoms with Crippen molar-refractivity contribution in [3.8, 4) is 5.69 Å². The summed E-state index contributed by atoms with van der Waals surface area (Å²) in [5.41, 5.74) is 3.90. The van der Waals surface area contributed by atoms with Gasteiger partial charge in [-0.05, 0) is 34.7 Å². The van der Waals surface area contributed by atoms with Crippen molar-refractivity contribution in [2.75, 3.05) is 5.75 Å². The zero-order valence-corrected chi connectivity index (χ0v) is 15.5. The standard InChI is InChI=1S/C16H12Cl2N6OS/c17-12-7-6-11(14(18)8-12)9-19-20-15(25)10-26-16-21-22-23-24(16)13-4-2-1-3-5-13/h1-9H,10H2,(H,20,25)/b19-9-. The lowest BCUT2D eigenvalue weighted by molar-refractivity contribution is -0.118. The summed E-state index contributed by atoms with van der Waals surface area (Å²) in [6, 6.07) is 14.4. The zero-order chi connectivity index (χ0) is 18.4. The second kappa shape index (κ2) is 8.79. The molecule has 2 aromatic carbocycles. The van der Waals surface area contributed by atoms with E-state index in [1.165, 1.54) is 18.0 Å². The van der Waals surface area contributed by atoms with Gasteiger partial charge in [-0.25, -0.2) is 5.43 Å². The Morgan fingerprint density at radius 1 is 1.23 bits per heavy atom. The fourth-order valence-electron chi connectivity index (χ4n) is 1.94. The molecule has 26 heavy (non-hydrogen) atoms. The van der Waals surface area contributed by atoms with Crippen LogP contribution in [0.3, 0.4) is 0 Å². The second-order valence-electron chi connectivity index (χ2n) is 4.96. The van der Waals surface area contributed by atoms with Gasteiger partial charge in [0.25, 0.3) is 5.91 Å². The van der Waals surface area contributed by atoms with Crippen LogP contribution < -0.4 is 5.43 Å². The third kappa shape index (κ3) is 4.81. The number of hydrazone groups is 1. The number of nitrogens with zero attached hydrogens (tertiary/aromatic N) is 5. The highest BCUT2D eigenvalue weighted by Crippen LogP contribution is 2.19. The smallest absolute Gasteiger partial charge is 0.250 e. The molecule has 0 spiro atoms. The van der Waals surface area contributed by atoms with Crippen LogP contribution in [0.5, 0.6) is 0 Å². The Hall–Kier alpha value is -2.42. The molecule has 0 atom stereocenters. The molecule has 0 bridgehead atoms. The summed E-state index contributed by atoms with van der Waals surface area (Å²) >= 11 is 13.1. The van der Waals surface area contributed by atoms with E-state index in [4.69, 9.17) is 23.2 Å². The number of halogens is 2. The lowest BCUT2D eigenvalue weighted by atomic mass is 10.2. The minimum absolute atomic E-state index is 0.110. The maximum atomic E-state index is 11.9. The number of rotatable bonds is 6. The Labute approximate surface area is 163 Å². The van der Waals surface area contributed by atoms with Crippen LogP contribution >= 0.6 is 35.0 Å². The van der Waals surface area contributed by atoms with E-state index >= 15 is 0 Å². The van der Waals surface area contributed by atoms with Gasteiger partial charge in [-0.3, -0.25) is 4.79 Å². The number of carbonyl (C=O) groups excluding carboxylic acids is 1. The van der Waals surface area contributed by atoms with Crippen LogP contribution in [0.25, 0.3) is 5.69 Å². The summed E-state index contributed by atoms with van der Waals surface area (Å²) in [5, 5.41) is 16.9. The lowest BCUT2D eigenvalue weighted by Crippen LogP contribution is -2.20. The maximum Gasteiger partial charge on any atom is 0.250 e. The van der Waals surface area contributed by atoms with Crippen molar-refractivity contribution in [3.63, 3.8) is 0 Å². The minimum Gasteiger partial charge on any atom is -0.272 e. The molecule has 0 aliphatic rings. The minimum atomic E-state index is -0.293. The largest absolute Gasteiger partial charge is 0.272 e. The predicted octanol–water partition coefficient (Wildman–Crippen LogP) is 3.21. The molecule has 1 aromatic heterocycles. The fraction of sp³-hybridized carbons (Fsp3) is 0.0625. The number of hydrogen-bond donors (Lipinski definition) is 1. The molecule has 0 fully saturated rings. The SMILES string of the molecule is O=C(CSc1nnnn1-c1ccccc1)N/N=C\c1ccc(Cl)cc1Cl. The molecule has 10 heteroatoms. The van der Waals surface area contributed by atoms with Crippen molar-refractivity contribution in [3.05, 3.63) is 64.1 Å². The number of nitrogens with one attached hydrogen (secondary N) is 1. The number of benzene rings is 2. The van der Waals surface area contributed by atoms with Crippen molar-refractivity contribution in [1.82, 2.24) is 25.6 Å². The van der Waals surface area contributed by atoms with E-state index in [1.54, 1.807) is 22.9 Å². The van der Waals surface area contributed by atoms with E-state index in [9.17, 15) is 4.79 Å². The van der Waals surface area contributed by atoms with E-state index in [0.29, 0.717) is 20.8 Å². The third-order valence-corrected chi connectivity index (χ3v) is 4.61. The van der Waals surface area contributed by atoms with Crippen molar-refractivity contribution in [2.24, 2.45) is 5.10 Å².